The molecule has 0 spiro atoms. The van der Waals surface area contributed by atoms with Gasteiger partial charge in [0.2, 0.25) is 0 Å². The van der Waals surface area contributed by atoms with Gasteiger partial charge in [0.25, 0.3) is 5.56 Å². The number of hydrogen-bond acceptors (Lipinski definition) is 5. The largest absolute Gasteiger partial charge is 0.394 e. The van der Waals surface area contributed by atoms with Crippen molar-refractivity contribution >= 4 is 22.6 Å². The van der Waals surface area contributed by atoms with Gasteiger partial charge in [-0.15, -0.1) is 0 Å². The fourth-order valence-corrected chi connectivity index (χ4v) is 1.82. The van der Waals surface area contributed by atoms with Gasteiger partial charge in [-0.05, 0) is 29.6 Å². The van der Waals surface area contributed by atoms with Gasteiger partial charge >= 0.3 is 5.69 Å². The lowest BCUT2D eigenvalue weighted by molar-refractivity contribution is 0.0644. The summed E-state index contributed by atoms with van der Waals surface area (Å²) in [5, 5.41) is 18.0. The second kappa shape index (κ2) is 6.28. The number of H-pyrrole nitrogens is 2. The summed E-state index contributed by atoms with van der Waals surface area (Å²) in [7, 11) is 1.72. The van der Waals surface area contributed by atoms with Crippen molar-refractivity contribution in [2.45, 2.75) is 12.6 Å². The van der Waals surface area contributed by atoms with Crippen LogP contribution in [0.25, 0.3) is 0 Å². The van der Waals surface area contributed by atoms with Crippen LogP contribution in [-0.4, -0.2) is 51.4 Å². The first-order valence-electron chi connectivity index (χ1n) is 4.92. The third-order valence-corrected chi connectivity index (χ3v) is 3.26. The molecule has 0 saturated heterocycles. The van der Waals surface area contributed by atoms with E-state index in [0.717, 1.165) is 0 Å². The Labute approximate surface area is 111 Å². The van der Waals surface area contributed by atoms with Crippen molar-refractivity contribution in [3.63, 3.8) is 0 Å². The number of aromatic nitrogens is 2. The molecule has 1 rings (SSSR count). The molecule has 8 heteroatoms. The molecule has 1 atom stereocenters. The average Bonchev–Trinajstić information content (AvgIpc) is 2.24. The summed E-state index contributed by atoms with van der Waals surface area (Å²) < 4.78 is 0.410. The molecule has 0 aromatic carbocycles. The molecular formula is C9H14IN3O4. The third-order valence-electron chi connectivity index (χ3n) is 2.12. The molecular weight excluding hydrogens is 341 g/mol. The van der Waals surface area contributed by atoms with Gasteiger partial charge in [-0.25, -0.2) is 4.79 Å². The summed E-state index contributed by atoms with van der Waals surface area (Å²) in [4.78, 5) is 28.8. The van der Waals surface area contributed by atoms with Crippen molar-refractivity contribution in [1.29, 1.82) is 0 Å². The molecule has 4 N–H and O–H groups in total. The molecule has 0 aliphatic carbocycles. The number of aliphatic hydroxyl groups is 2. The van der Waals surface area contributed by atoms with E-state index in [2.05, 4.69) is 9.97 Å². The smallest absolute Gasteiger partial charge is 0.325 e. The Kier molecular flexibility index (Phi) is 5.31. The minimum absolute atomic E-state index is 0.251. The van der Waals surface area contributed by atoms with Crippen molar-refractivity contribution < 1.29 is 10.2 Å². The van der Waals surface area contributed by atoms with Crippen LogP contribution in [0.1, 0.15) is 5.69 Å². The van der Waals surface area contributed by atoms with Crippen molar-refractivity contribution in [3.05, 3.63) is 30.1 Å². The zero-order valence-corrected chi connectivity index (χ0v) is 11.4. The van der Waals surface area contributed by atoms with Crippen LogP contribution < -0.4 is 11.2 Å². The minimum Gasteiger partial charge on any atom is -0.394 e. The Bertz CT molecular complexity index is 484. The molecule has 1 unspecified atom stereocenters. The highest BCUT2D eigenvalue weighted by molar-refractivity contribution is 14.1. The van der Waals surface area contributed by atoms with Gasteiger partial charge in [0.15, 0.2) is 0 Å². The fourth-order valence-electron chi connectivity index (χ4n) is 1.38. The summed E-state index contributed by atoms with van der Waals surface area (Å²) in [5.74, 6) is 0. The van der Waals surface area contributed by atoms with E-state index in [1.54, 1.807) is 11.9 Å². The van der Waals surface area contributed by atoms with Crippen LogP contribution in [0.4, 0.5) is 0 Å². The van der Waals surface area contributed by atoms with Crippen LogP contribution >= 0.6 is 22.6 Å². The van der Waals surface area contributed by atoms with E-state index in [1.807, 2.05) is 22.6 Å². The van der Waals surface area contributed by atoms with Crippen molar-refractivity contribution in [3.8, 4) is 0 Å². The van der Waals surface area contributed by atoms with Gasteiger partial charge in [0, 0.05) is 13.1 Å². The maximum Gasteiger partial charge on any atom is 0.325 e. The lowest BCUT2D eigenvalue weighted by Crippen LogP contribution is -2.34. The first-order chi connectivity index (χ1) is 7.93. The van der Waals surface area contributed by atoms with Gasteiger partial charge in [0.1, 0.15) is 0 Å². The lowest BCUT2D eigenvalue weighted by atomic mass is 10.3. The van der Waals surface area contributed by atoms with Crippen LogP contribution in [0.2, 0.25) is 0 Å². The normalized spacial score (nSPS) is 13.0. The molecule has 0 fully saturated rings. The van der Waals surface area contributed by atoms with Crippen LogP contribution in [0.3, 0.4) is 0 Å². The van der Waals surface area contributed by atoms with Gasteiger partial charge in [-0.3, -0.25) is 14.7 Å². The Morgan fingerprint density at radius 2 is 2.06 bits per heavy atom. The second-order valence-corrected chi connectivity index (χ2v) is 4.81. The number of aromatic amines is 2. The number of hydrogen-bond donors (Lipinski definition) is 4. The Morgan fingerprint density at radius 1 is 1.41 bits per heavy atom. The second-order valence-electron chi connectivity index (χ2n) is 3.73. The molecule has 0 radical (unpaired) electrons. The van der Waals surface area contributed by atoms with E-state index in [-0.39, 0.29) is 13.2 Å². The molecule has 17 heavy (non-hydrogen) atoms. The van der Waals surface area contributed by atoms with Gasteiger partial charge in [-0.2, -0.15) is 0 Å². The molecule has 1 aromatic rings. The molecule has 7 nitrogen and oxygen atoms in total. The minimum atomic E-state index is -0.841. The number of likely N-dealkylation sites (N-methyl/N-ethyl adjacent to an activating group) is 1. The van der Waals surface area contributed by atoms with Crippen LogP contribution in [-0.2, 0) is 6.54 Å². The van der Waals surface area contributed by atoms with E-state index in [0.29, 0.717) is 15.8 Å². The first kappa shape index (κ1) is 14.4. The van der Waals surface area contributed by atoms with Gasteiger partial charge < -0.3 is 15.2 Å². The highest BCUT2D eigenvalue weighted by atomic mass is 127. The molecule has 0 saturated carbocycles. The summed E-state index contributed by atoms with van der Waals surface area (Å²) >= 11 is 1.85. The SMILES string of the molecule is CN(Cc1[nH]c(=O)[nH]c(=O)c1I)CC(O)CO. The quantitative estimate of drug-likeness (QED) is 0.479. The Morgan fingerprint density at radius 3 is 2.65 bits per heavy atom. The van der Waals surface area contributed by atoms with Gasteiger partial charge in [0.05, 0.1) is 22.0 Å². The van der Waals surface area contributed by atoms with Crippen LogP contribution in [0.5, 0.6) is 0 Å². The number of nitrogens with zero attached hydrogens (tertiary/aromatic N) is 1. The Balaban J connectivity index is 2.81. The summed E-state index contributed by atoms with van der Waals surface area (Å²) in [6.07, 6.45) is -0.841. The van der Waals surface area contributed by atoms with E-state index >= 15 is 0 Å². The predicted molar refractivity (Wildman–Crippen MR) is 69.8 cm³/mol. The van der Waals surface area contributed by atoms with Crippen molar-refractivity contribution in [2.24, 2.45) is 0 Å². The maximum absolute atomic E-state index is 11.3. The average molecular weight is 355 g/mol. The zero-order chi connectivity index (χ0) is 13.0. The van der Waals surface area contributed by atoms with Gasteiger partial charge in [-0.1, -0.05) is 0 Å². The molecule has 0 amide bonds. The van der Waals surface area contributed by atoms with E-state index in [4.69, 9.17) is 5.11 Å². The van der Waals surface area contributed by atoms with E-state index in [1.165, 1.54) is 0 Å². The Hall–Kier alpha value is -0.710. The zero-order valence-electron chi connectivity index (χ0n) is 9.23. The third kappa shape index (κ3) is 4.22. The fraction of sp³-hybridized carbons (Fsp3) is 0.556. The van der Waals surface area contributed by atoms with Crippen molar-refractivity contribution in [2.75, 3.05) is 20.2 Å². The van der Waals surface area contributed by atoms with E-state index in [9.17, 15) is 14.7 Å². The number of rotatable bonds is 5. The standard InChI is InChI=1S/C9H14IN3O4/c1-13(2-5(15)4-14)3-6-7(10)8(16)12-9(17)11-6/h5,14-15H,2-4H2,1H3,(H2,11,12,16,17). The van der Waals surface area contributed by atoms with Crippen LogP contribution in [0, 0.1) is 3.57 Å². The molecule has 1 heterocycles. The summed E-state index contributed by atoms with van der Waals surface area (Å²) in [6.45, 7) is 0.239. The molecule has 0 bridgehead atoms. The number of nitrogens with one attached hydrogen (secondary N) is 2. The molecule has 0 aliphatic heterocycles. The highest BCUT2D eigenvalue weighted by Gasteiger charge is 2.11. The molecule has 0 aliphatic rings. The lowest BCUT2D eigenvalue weighted by Gasteiger charge is -2.19. The van der Waals surface area contributed by atoms with Crippen molar-refractivity contribution in [1.82, 2.24) is 14.9 Å². The first-order valence-corrected chi connectivity index (χ1v) is 6.00. The molecule has 96 valence electrons. The molecule has 1 aromatic heterocycles. The summed E-state index contributed by atoms with van der Waals surface area (Å²) in [5.41, 5.74) is -0.492. The monoisotopic (exact) mass is 355 g/mol. The van der Waals surface area contributed by atoms with E-state index < -0.39 is 17.4 Å². The highest BCUT2D eigenvalue weighted by Crippen LogP contribution is 2.05. The number of halogens is 1. The maximum atomic E-state index is 11.3. The topological polar surface area (TPSA) is 109 Å². The number of aliphatic hydroxyl groups excluding tert-OH is 2. The predicted octanol–water partition coefficient (Wildman–Crippen LogP) is -1.55. The summed E-state index contributed by atoms with van der Waals surface area (Å²) in [6, 6.07) is 0. The van der Waals surface area contributed by atoms with Crippen LogP contribution in [0.15, 0.2) is 9.59 Å².